The van der Waals surface area contributed by atoms with Gasteiger partial charge in [0.2, 0.25) is 0 Å². The molecule has 4 nitrogen and oxygen atoms in total. The predicted octanol–water partition coefficient (Wildman–Crippen LogP) is 1.45. The summed E-state index contributed by atoms with van der Waals surface area (Å²) in [4.78, 5) is 14.3. The van der Waals surface area contributed by atoms with Gasteiger partial charge in [-0.05, 0) is 29.8 Å². The molecule has 2 rings (SSSR count). The van der Waals surface area contributed by atoms with Gasteiger partial charge in [-0.25, -0.2) is 8.42 Å². The summed E-state index contributed by atoms with van der Waals surface area (Å²) in [5.41, 5.74) is 0.811. The molecule has 1 aromatic carbocycles. The lowest BCUT2D eigenvalue weighted by Crippen LogP contribution is -2.07. The summed E-state index contributed by atoms with van der Waals surface area (Å²) in [6, 6.07) is 9.69. The van der Waals surface area contributed by atoms with Crippen molar-refractivity contribution in [2.24, 2.45) is 0 Å². The molecule has 88 valence electrons. The highest BCUT2D eigenvalue weighted by Crippen LogP contribution is 2.19. The van der Waals surface area contributed by atoms with E-state index in [1.165, 1.54) is 18.3 Å². The minimum atomic E-state index is -3.26. The lowest BCUT2D eigenvalue weighted by Gasteiger charge is -2.03. The second-order valence-corrected chi connectivity index (χ2v) is 5.73. The number of sulfone groups is 1. The molecular weight excluding hydrogens is 238 g/mol. The van der Waals surface area contributed by atoms with Gasteiger partial charge in [0.1, 0.15) is 0 Å². The number of hydrogen-bond donors (Lipinski definition) is 1. The Hall–Kier alpha value is -1.88. The minimum absolute atomic E-state index is 0.207. The normalized spacial score (nSPS) is 11.4. The van der Waals surface area contributed by atoms with E-state index in [0.29, 0.717) is 11.1 Å². The molecule has 0 radical (unpaired) electrons. The van der Waals surface area contributed by atoms with E-state index in [0.717, 1.165) is 6.26 Å². The first-order valence-corrected chi connectivity index (χ1v) is 6.86. The monoisotopic (exact) mass is 249 g/mol. The van der Waals surface area contributed by atoms with Crippen LogP contribution in [0.5, 0.6) is 0 Å². The van der Waals surface area contributed by atoms with Crippen molar-refractivity contribution in [2.75, 3.05) is 6.26 Å². The fraction of sp³-hybridized carbons (Fsp3) is 0.0833. The SMILES string of the molecule is CS(=O)(=O)c1cccc(-c2ccc[nH]c2=O)c1. The number of nitrogens with one attached hydrogen (secondary N) is 1. The maximum absolute atomic E-state index is 11.6. The third kappa shape index (κ3) is 2.45. The standard InChI is InChI=1S/C12H11NO3S/c1-17(15,16)10-5-2-4-9(8-10)11-6-3-7-13-12(11)14/h2-8H,1H3,(H,13,14). The smallest absolute Gasteiger partial charge is 0.255 e. The summed E-state index contributed by atoms with van der Waals surface area (Å²) in [7, 11) is -3.26. The van der Waals surface area contributed by atoms with E-state index in [2.05, 4.69) is 4.98 Å². The molecule has 0 amide bonds. The Balaban J connectivity index is 2.63. The Labute approximate surface area is 98.9 Å². The predicted molar refractivity (Wildman–Crippen MR) is 65.6 cm³/mol. The number of hydrogen-bond acceptors (Lipinski definition) is 3. The number of aromatic nitrogens is 1. The first-order chi connectivity index (χ1) is 7.98. The molecule has 0 atom stereocenters. The zero-order chi connectivity index (χ0) is 12.5. The first kappa shape index (κ1) is 11.6. The summed E-state index contributed by atoms with van der Waals surface area (Å²) >= 11 is 0. The molecule has 1 aromatic heterocycles. The van der Waals surface area contributed by atoms with Gasteiger partial charge in [-0.15, -0.1) is 0 Å². The van der Waals surface area contributed by atoms with Crippen LogP contribution in [0.4, 0.5) is 0 Å². The average molecular weight is 249 g/mol. The average Bonchev–Trinajstić information content (AvgIpc) is 2.29. The number of H-pyrrole nitrogens is 1. The van der Waals surface area contributed by atoms with Crippen LogP contribution in [0.3, 0.4) is 0 Å². The molecule has 0 saturated carbocycles. The van der Waals surface area contributed by atoms with Crippen LogP contribution in [-0.4, -0.2) is 19.7 Å². The van der Waals surface area contributed by atoms with Crippen molar-refractivity contribution in [3.63, 3.8) is 0 Å². The van der Waals surface area contributed by atoms with E-state index < -0.39 is 9.84 Å². The Bertz CT molecular complexity index is 701. The molecule has 1 N–H and O–H groups in total. The van der Waals surface area contributed by atoms with E-state index in [9.17, 15) is 13.2 Å². The largest absolute Gasteiger partial charge is 0.329 e. The first-order valence-electron chi connectivity index (χ1n) is 4.97. The zero-order valence-corrected chi connectivity index (χ0v) is 9.99. The third-order valence-electron chi connectivity index (χ3n) is 2.39. The summed E-state index contributed by atoms with van der Waals surface area (Å²) in [6.07, 6.45) is 2.67. The van der Waals surface area contributed by atoms with E-state index in [1.807, 2.05) is 0 Å². The van der Waals surface area contributed by atoms with Gasteiger partial charge in [0.25, 0.3) is 5.56 Å². The van der Waals surface area contributed by atoms with Gasteiger partial charge in [0.15, 0.2) is 9.84 Å². The van der Waals surface area contributed by atoms with E-state index >= 15 is 0 Å². The molecule has 0 aliphatic rings. The molecule has 0 aliphatic carbocycles. The number of pyridine rings is 1. The summed E-state index contributed by atoms with van der Waals surface area (Å²) in [5, 5.41) is 0. The Morgan fingerprint density at radius 1 is 1.12 bits per heavy atom. The number of benzene rings is 1. The molecule has 0 spiro atoms. The van der Waals surface area contributed by atoms with Gasteiger partial charge in [-0.2, -0.15) is 0 Å². The number of aromatic amines is 1. The zero-order valence-electron chi connectivity index (χ0n) is 9.17. The summed E-state index contributed by atoms with van der Waals surface area (Å²) < 4.78 is 22.8. The van der Waals surface area contributed by atoms with E-state index in [-0.39, 0.29) is 10.5 Å². The topological polar surface area (TPSA) is 67.0 Å². The van der Waals surface area contributed by atoms with Gasteiger partial charge in [-0.3, -0.25) is 4.79 Å². The molecule has 1 heterocycles. The van der Waals surface area contributed by atoms with Crippen molar-refractivity contribution in [1.82, 2.24) is 4.98 Å². The van der Waals surface area contributed by atoms with Crippen molar-refractivity contribution < 1.29 is 8.42 Å². The highest BCUT2D eigenvalue weighted by atomic mass is 32.2. The molecule has 0 unspecified atom stereocenters. The van der Waals surface area contributed by atoms with Crippen molar-refractivity contribution in [3.8, 4) is 11.1 Å². The highest BCUT2D eigenvalue weighted by molar-refractivity contribution is 7.90. The molecule has 0 saturated heterocycles. The lowest BCUT2D eigenvalue weighted by atomic mass is 10.1. The Kier molecular flexibility index (Phi) is 2.85. The molecule has 0 fully saturated rings. The second-order valence-electron chi connectivity index (χ2n) is 3.71. The van der Waals surface area contributed by atoms with Gasteiger partial charge in [0.05, 0.1) is 4.90 Å². The molecule has 5 heteroatoms. The van der Waals surface area contributed by atoms with Crippen LogP contribution in [-0.2, 0) is 9.84 Å². The maximum atomic E-state index is 11.6. The molecular formula is C12H11NO3S. The van der Waals surface area contributed by atoms with Gasteiger partial charge in [-0.1, -0.05) is 12.1 Å². The van der Waals surface area contributed by atoms with Crippen LogP contribution in [0, 0.1) is 0 Å². The summed E-state index contributed by atoms with van der Waals surface area (Å²) in [6.45, 7) is 0. The second kappa shape index (κ2) is 4.18. The van der Waals surface area contributed by atoms with Gasteiger partial charge in [0, 0.05) is 18.0 Å². The summed E-state index contributed by atoms with van der Waals surface area (Å²) in [5.74, 6) is 0. The van der Waals surface area contributed by atoms with Crippen LogP contribution in [0.25, 0.3) is 11.1 Å². The lowest BCUT2D eigenvalue weighted by molar-refractivity contribution is 0.602. The van der Waals surface area contributed by atoms with Crippen LogP contribution >= 0.6 is 0 Å². The van der Waals surface area contributed by atoms with Crippen LogP contribution in [0.1, 0.15) is 0 Å². The van der Waals surface area contributed by atoms with Crippen LogP contribution < -0.4 is 5.56 Å². The van der Waals surface area contributed by atoms with E-state index in [4.69, 9.17) is 0 Å². The van der Waals surface area contributed by atoms with Crippen molar-refractivity contribution in [3.05, 3.63) is 52.9 Å². The van der Waals surface area contributed by atoms with Gasteiger partial charge >= 0.3 is 0 Å². The molecule has 2 aromatic rings. The van der Waals surface area contributed by atoms with Crippen LogP contribution in [0.2, 0.25) is 0 Å². The van der Waals surface area contributed by atoms with Crippen LogP contribution in [0.15, 0.2) is 52.3 Å². The fourth-order valence-electron chi connectivity index (χ4n) is 1.54. The van der Waals surface area contributed by atoms with E-state index in [1.54, 1.807) is 24.3 Å². The highest BCUT2D eigenvalue weighted by Gasteiger charge is 2.09. The molecule has 0 bridgehead atoms. The fourth-order valence-corrected chi connectivity index (χ4v) is 2.21. The third-order valence-corrected chi connectivity index (χ3v) is 3.50. The maximum Gasteiger partial charge on any atom is 0.255 e. The molecule has 17 heavy (non-hydrogen) atoms. The van der Waals surface area contributed by atoms with Gasteiger partial charge < -0.3 is 4.98 Å². The van der Waals surface area contributed by atoms with Crippen molar-refractivity contribution in [2.45, 2.75) is 4.90 Å². The number of rotatable bonds is 2. The Morgan fingerprint density at radius 3 is 2.53 bits per heavy atom. The van der Waals surface area contributed by atoms with Crippen molar-refractivity contribution >= 4 is 9.84 Å². The Morgan fingerprint density at radius 2 is 1.88 bits per heavy atom. The quantitative estimate of drug-likeness (QED) is 0.875. The minimum Gasteiger partial charge on any atom is -0.329 e. The van der Waals surface area contributed by atoms with Crippen molar-refractivity contribution in [1.29, 1.82) is 0 Å². The molecule has 0 aliphatic heterocycles.